The summed E-state index contributed by atoms with van der Waals surface area (Å²) in [7, 11) is -8.47. The fourth-order valence-electron chi connectivity index (χ4n) is 0.526. The Labute approximate surface area is 97.4 Å². The van der Waals surface area contributed by atoms with Crippen molar-refractivity contribution in [3.63, 3.8) is 0 Å². The molecule has 0 heterocycles. The molecular formula is C4ClF12P. The monoisotopic (exact) mass is 342 g/mol. The highest BCUT2D eigenvalue weighted by Gasteiger charge is 2.94. The zero-order valence-corrected chi connectivity index (χ0v) is 9.01. The molecule has 0 amide bonds. The van der Waals surface area contributed by atoms with Crippen LogP contribution in [0.4, 0.5) is 52.1 Å². The molecule has 0 aliphatic carbocycles. The summed E-state index contributed by atoms with van der Waals surface area (Å²) in [6.45, 7) is 0. The summed E-state index contributed by atoms with van der Waals surface area (Å²) in [5, 5.41) is 0. The van der Waals surface area contributed by atoms with E-state index in [1.165, 1.54) is 0 Å². The standard InChI is InChI=1S/C4F12P.ClH/c5-1(6,3(9,10)11)2(7,8)4(12,13)17(14,15)16;/h;1H/q+1;/p-1. The fraction of sp³-hybridized carbons (Fsp3) is 1.00. The summed E-state index contributed by atoms with van der Waals surface area (Å²) in [4.78, 5) is 0. The Morgan fingerprint density at radius 3 is 1.00 bits per heavy atom. The highest BCUT2D eigenvalue weighted by Crippen LogP contribution is 2.80. The summed E-state index contributed by atoms with van der Waals surface area (Å²) in [5.74, 6) is -15.1. The molecule has 0 rings (SSSR count). The van der Waals surface area contributed by atoms with E-state index >= 15 is 0 Å². The first-order valence-corrected chi connectivity index (χ1v) is 4.64. The average Bonchev–Trinajstić information content (AvgIpc) is 1.98. The van der Waals surface area contributed by atoms with Gasteiger partial charge in [0.2, 0.25) is 0 Å². The molecule has 0 nitrogen and oxygen atoms in total. The van der Waals surface area contributed by atoms with Crippen LogP contribution in [0.2, 0.25) is 0 Å². The second-order valence-electron chi connectivity index (χ2n) is 2.63. The van der Waals surface area contributed by atoms with Crippen LogP contribution in [-0.2, 0) is 0 Å². The van der Waals surface area contributed by atoms with E-state index < -0.39 is 31.9 Å². The predicted molar refractivity (Wildman–Crippen MR) is 31.1 cm³/mol. The molecule has 0 aromatic rings. The number of hydrogen-bond acceptors (Lipinski definition) is 0. The van der Waals surface area contributed by atoms with Gasteiger partial charge in [-0.2, -0.15) is 39.5 Å². The van der Waals surface area contributed by atoms with Gasteiger partial charge >= 0.3 is 31.9 Å². The Kier molecular flexibility index (Phi) is 5.35. The molecule has 0 bridgehead atoms. The van der Waals surface area contributed by atoms with Crippen molar-refractivity contribution in [3.8, 4) is 0 Å². The van der Waals surface area contributed by atoms with E-state index in [1.807, 2.05) is 0 Å². The average molecular weight is 342 g/mol. The van der Waals surface area contributed by atoms with Crippen LogP contribution in [-0.4, -0.2) is 23.7 Å². The van der Waals surface area contributed by atoms with Crippen molar-refractivity contribution < 1.29 is 64.5 Å². The summed E-state index contributed by atoms with van der Waals surface area (Å²) in [5.41, 5.74) is -7.42. The predicted octanol–water partition coefficient (Wildman–Crippen LogP) is 2.09. The van der Waals surface area contributed by atoms with Crippen molar-refractivity contribution in [2.24, 2.45) is 0 Å². The van der Waals surface area contributed by atoms with Gasteiger partial charge in [0.05, 0.1) is 0 Å². The van der Waals surface area contributed by atoms with Crippen LogP contribution >= 0.6 is 8.19 Å². The van der Waals surface area contributed by atoms with E-state index in [2.05, 4.69) is 0 Å². The lowest BCUT2D eigenvalue weighted by atomic mass is 10.1. The van der Waals surface area contributed by atoms with E-state index in [9.17, 15) is 52.1 Å². The SMILES string of the molecule is FC(F)(F)C(F)(F)C(F)(F)C(F)(F)[P+](F)(F)F.[Cl-]. The summed E-state index contributed by atoms with van der Waals surface area (Å²) < 4.78 is 140. The van der Waals surface area contributed by atoms with Gasteiger partial charge in [-0.05, 0) is 0 Å². The van der Waals surface area contributed by atoms with E-state index in [0.29, 0.717) is 0 Å². The third-order valence-electron chi connectivity index (χ3n) is 1.45. The third-order valence-corrected chi connectivity index (χ3v) is 2.36. The van der Waals surface area contributed by atoms with E-state index in [1.54, 1.807) is 0 Å². The van der Waals surface area contributed by atoms with Gasteiger partial charge < -0.3 is 12.4 Å². The van der Waals surface area contributed by atoms with Crippen molar-refractivity contribution in [1.82, 2.24) is 0 Å². The van der Waals surface area contributed by atoms with Crippen LogP contribution in [0, 0.1) is 0 Å². The molecule has 0 aromatic heterocycles. The minimum Gasteiger partial charge on any atom is -1.00 e. The van der Waals surface area contributed by atoms with Gasteiger partial charge in [0.1, 0.15) is 0 Å². The molecule has 0 unspecified atom stereocenters. The normalized spacial score (nSPS) is 15.3. The maximum absolute atomic E-state index is 12.1. The molecule has 0 radical (unpaired) electrons. The van der Waals surface area contributed by atoms with Gasteiger partial charge in [-0.1, -0.05) is 0 Å². The molecule has 14 heteroatoms. The van der Waals surface area contributed by atoms with Crippen molar-refractivity contribution >= 4 is 8.19 Å². The molecule has 112 valence electrons. The highest BCUT2D eigenvalue weighted by molar-refractivity contribution is 7.61. The summed E-state index contributed by atoms with van der Waals surface area (Å²) in [6.07, 6.45) is -7.24. The molecule has 0 saturated heterocycles. The zero-order chi connectivity index (χ0) is 14.5. The maximum atomic E-state index is 12.1. The summed E-state index contributed by atoms with van der Waals surface area (Å²) >= 11 is 0. The number of alkyl halides is 9. The van der Waals surface area contributed by atoms with Crippen LogP contribution in [0.15, 0.2) is 0 Å². The topological polar surface area (TPSA) is 0 Å². The van der Waals surface area contributed by atoms with Crippen LogP contribution in [0.1, 0.15) is 0 Å². The van der Waals surface area contributed by atoms with Crippen LogP contribution < -0.4 is 12.4 Å². The molecule has 0 fully saturated rings. The van der Waals surface area contributed by atoms with E-state index in [0.717, 1.165) is 0 Å². The Morgan fingerprint density at radius 2 is 0.833 bits per heavy atom. The smallest absolute Gasteiger partial charge is 0.644 e. The fourth-order valence-corrected chi connectivity index (χ4v) is 0.985. The zero-order valence-electron chi connectivity index (χ0n) is 7.36. The number of halogens is 13. The Hall–Kier alpha value is -0.120. The molecule has 0 N–H and O–H groups in total. The second-order valence-corrected chi connectivity index (χ2v) is 4.09. The quantitative estimate of drug-likeness (QED) is 0.544. The molecule has 18 heavy (non-hydrogen) atoms. The molecule has 0 aromatic carbocycles. The lowest BCUT2D eigenvalue weighted by Gasteiger charge is -2.29. The maximum Gasteiger partial charge on any atom is 0.644 e. The lowest BCUT2D eigenvalue weighted by molar-refractivity contribution is -0.383. The Balaban J connectivity index is 0. The first-order valence-electron chi connectivity index (χ1n) is 3.18. The third kappa shape index (κ3) is 2.73. The first-order chi connectivity index (χ1) is 7.00. The van der Waals surface area contributed by atoms with Crippen molar-refractivity contribution in [2.45, 2.75) is 23.7 Å². The van der Waals surface area contributed by atoms with Crippen LogP contribution in [0.25, 0.3) is 0 Å². The molecular weight excluding hydrogens is 342 g/mol. The van der Waals surface area contributed by atoms with Crippen LogP contribution in [0.5, 0.6) is 0 Å². The van der Waals surface area contributed by atoms with Gasteiger partial charge in [0.25, 0.3) is 0 Å². The largest absolute Gasteiger partial charge is 1.00 e. The number of rotatable bonds is 3. The van der Waals surface area contributed by atoms with Crippen molar-refractivity contribution in [2.75, 3.05) is 0 Å². The van der Waals surface area contributed by atoms with E-state index in [-0.39, 0.29) is 12.4 Å². The van der Waals surface area contributed by atoms with Gasteiger partial charge in [-0.3, -0.25) is 0 Å². The minimum absolute atomic E-state index is 0. The molecule has 0 aliphatic rings. The molecule has 0 atom stereocenters. The van der Waals surface area contributed by atoms with Crippen molar-refractivity contribution in [3.05, 3.63) is 0 Å². The van der Waals surface area contributed by atoms with Gasteiger partial charge in [-0.15, -0.1) is 0 Å². The Morgan fingerprint density at radius 1 is 0.556 bits per heavy atom. The molecule has 0 saturated carbocycles. The van der Waals surface area contributed by atoms with Gasteiger partial charge in [0, 0.05) is 12.6 Å². The van der Waals surface area contributed by atoms with Gasteiger partial charge in [0.15, 0.2) is 0 Å². The lowest BCUT2D eigenvalue weighted by Crippen LogP contribution is -3.00. The van der Waals surface area contributed by atoms with Crippen LogP contribution in [0.3, 0.4) is 0 Å². The molecule has 0 aliphatic heterocycles. The van der Waals surface area contributed by atoms with Gasteiger partial charge in [-0.25, -0.2) is 0 Å². The first kappa shape index (κ1) is 20.2. The second kappa shape index (κ2) is 4.77. The van der Waals surface area contributed by atoms with Crippen molar-refractivity contribution in [1.29, 1.82) is 0 Å². The number of hydrogen-bond donors (Lipinski definition) is 0. The van der Waals surface area contributed by atoms with E-state index in [4.69, 9.17) is 0 Å². The Bertz CT molecular complexity index is 259. The highest BCUT2D eigenvalue weighted by atomic mass is 35.5. The minimum atomic E-state index is -8.47. The summed E-state index contributed by atoms with van der Waals surface area (Å²) in [6, 6.07) is 0. The molecule has 0 spiro atoms.